The lowest BCUT2D eigenvalue weighted by Crippen LogP contribution is -2.19. The number of carbonyl (C=O) groups excluding carboxylic acids is 1. The predicted molar refractivity (Wildman–Crippen MR) is 140 cm³/mol. The Bertz CT molecular complexity index is 1310. The van der Waals surface area contributed by atoms with Crippen molar-refractivity contribution in [3.8, 4) is 11.5 Å². The third kappa shape index (κ3) is 6.49. The van der Waals surface area contributed by atoms with Gasteiger partial charge in [-0.3, -0.25) is 14.9 Å². The van der Waals surface area contributed by atoms with Gasteiger partial charge in [-0.15, -0.1) is 0 Å². The molecule has 0 aliphatic carbocycles. The highest BCUT2D eigenvalue weighted by atomic mass is 79.9. The molecule has 1 heterocycles. The van der Waals surface area contributed by atoms with Gasteiger partial charge in [0.2, 0.25) is 0 Å². The van der Waals surface area contributed by atoms with E-state index in [9.17, 15) is 14.9 Å². The molecule has 0 atom stereocenters. The third-order valence-electron chi connectivity index (χ3n) is 4.83. The molecule has 0 spiro atoms. The SMILES string of the molecule is CCOc1ccc(N=C2NC(=O)/C(=C\c3cc(Br)ccc3OCc3ccc([N+](=O)[O-])cc3)S2)cc1. The van der Waals surface area contributed by atoms with Crippen LogP contribution in [0.5, 0.6) is 11.5 Å². The van der Waals surface area contributed by atoms with Gasteiger partial charge in [0.25, 0.3) is 11.6 Å². The first-order chi connectivity index (χ1) is 16.9. The number of benzene rings is 3. The van der Waals surface area contributed by atoms with Gasteiger partial charge < -0.3 is 14.8 Å². The molecule has 0 radical (unpaired) electrons. The third-order valence-corrected chi connectivity index (χ3v) is 6.23. The summed E-state index contributed by atoms with van der Waals surface area (Å²) >= 11 is 4.70. The summed E-state index contributed by atoms with van der Waals surface area (Å²) in [5.41, 5.74) is 2.22. The van der Waals surface area contributed by atoms with Crippen molar-refractivity contribution in [1.29, 1.82) is 0 Å². The van der Waals surface area contributed by atoms with Gasteiger partial charge in [-0.05, 0) is 84.9 Å². The number of halogens is 1. The zero-order valence-corrected chi connectivity index (χ0v) is 21.0. The van der Waals surface area contributed by atoms with Crippen LogP contribution in [0.25, 0.3) is 6.08 Å². The standard InChI is InChI=1S/C25H20BrN3O5S/c1-2-33-21-10-6-19(7-11-21)27-25-28-24(30)23(35-25)14-17-13-18(26)5-12-22(17)34-15-16-3-8-20(9-4-16)29(31)32/h3-14H,2,15H2,1H3,(H,27,28,30)/b23-14+. The fourth-order valence-electron chi connectivity index (χ4n) is 3.16. The molecule has 1 N–H and O–H groups in total. The topological polar surface area (TPSA) is 103 Å². The maximum atomic E-state index is 12.6. The molecule has 0 unspecified atom stereocenters. The van der Waals surface area contributed by atoms with E-state index in [1.807, 2.05) is 43.3 Å². The number of ether oxygens (including phenoxy) is 2. The summed E-state index contributed by atoms with van der Waals surface area (Å²) in [5, 5.41) is 14.1. The van der Waals surface area contributed by atoms with Crippen molar-refractivity contribution in [1.82, 2.24) is 5.32 Å². The van der Waals surface area contributed by atoms with E-state index in [4.69, 9.17) is 9.47 Å². The Morgan fingerprint density at radius 2 is 1.83 bits per heavy atom. The molecule has 1 amide bonds. The Morgan fingerprint density at radius 1 is 1.09 bits per heavy atom. The Morgan fingerprint density at radius 3 is 2.51 bits per heavy atom. The second kappa shape index (κ2) is 11.2. The average molecular weight is 554 g/mol. The van der Waals surface area contributed by atoms with Crippen molar-refractivity contribution in [3.63, 3.8) is 0 Å². The zero-order chi connectivity index (χ0) is 24.8. The number of hydrogen-bond donors (Lipinski definition) is 1. The van der Waals surface area contributed by atoms with Gasteiger partial charge in [0.1, 0.15) is 18.1 Å². The van der Waals surface area contributed by atoms with Crippen LogP contribution in [0.4, 0.5) is 11.4 Å². The van der Waals surface area contributed by atoms with Crippen LogP contribution in [-0.4, -0.2) is 22.6 Å². The minimum Gasteiger partial charge on any atom is -0.494 e. The molecular formula is C25H20BrN3O5S. The minimum atomic E-state index is -0.443. The molecule has 8 nitrogen and oxygen atoms in total. The maximum absolute atomic E-state index is 12.6. The molecule has 178 valence electrons. The fourth-order valence-corrected chi connectivity index (χ4v) is 4.37. The number of nitro groups is 1. The van der Waals surface area contributed by atoms with Crippen molar-refractivity contribution in [2.24, 2.45) is 4.99 Å². The molecular weight excluding hydrogens is 534 g/mol. The van der Waals surface area contributed by atoms with Crippen LogP contribution in [0, 0.1) is 10.1 Å². The van der Waals surface area contributed by atoms with Gasteiger partial charge in [-0.2, -0.15) is 0 Å². The van der Waals surface area contributed by atoms with Crippen LogP contribution in [-0.2, 0) is 11.4 Å². The second-order valence-corrected chi connectivity index (χ2v) is 9.25. The lowest BCUT2D eigenvalue weighted by molar-refractivity contribution is -0.384. The van der Waals surface area contributed by atoms with Crippen LogP contribution < -0.4 is 14.8 Å². The van der Waals surface area contributed by atoms with Gasteiger partial charge in [0, 0.05) is 22.2 Å². The fraction of sp³-hybridized carbons (Fsp3) is 0.120. The summed E-state index contributed by atoms with van der Waals surface area (Å²) in [5.74, 6) is 1.08. The minimum absolute atomic E-state index is 0.0230. The van der Waals surface area contributed by atoms with Crippen LogP contribution in [0.15, 0.2) is 81.1 Å². The number of amides is 1. The molecule has 0 bridgehead atoms. The molecule has 3 aromatic rings. The lowest BCUT2D eigenvalue weighted by atomic mass is 10.1. The number of nitro benzene ring substituents is 1. The number of nitrogens with zero attached hydrogens (tertiary/aromatic N) is 2. The predicted octanol–water partition coefficient (Wildman–Crippen LogP) is 6.23. The Kier molecular flexibility index (Phi) is 7.84. The van der Waals surface area contributed by atoms with E-state index in [0.717, 1.165) is 15.8 Å². The number of thioether (sulfide) groups is 1. The summed E-state index contributed by atoms with van der Waals surface area (Å²) in [7, 11) is 0. The van der Waals surface area contributed by atoms with Crippen molar-refractivity contribution < 1.29 is 19.2 Å². The van der Waals surface area contributed by atoms with Crippen LogP contribution in [0.3, 0.4) is 0 Å². The molecule has 1 saturated heterocycles. The zero-order valence-electron chi connectivity index (χ0n) is 18.6. The molecule has 1 aliphatic rings. The molecule has 0 saturated carbocycles. The summed E-state index contributed by atoms with van der Waals surface area (Å²) in [6.45, 7) is 2.73. The number of amidine groups is 1. The van der Waals surface area contributed by atoms with Gasteiger partial charge in [0.15, 0.2) is 5.17 Å². The van der Waals surface area contributed by atoms with Crippen LogP contribution >= 0.6 is 27.7 Å². The quantitative estimate of drug-likeness (QED) is 0.201. The second-order valence-electron chi connectivity index (χ2n) is 7.30. The van der Waals surface area contributed by atoms with Crippen LogP contribution in [0.1, 0.15) is 18.1 Å². The number of non-ortho nitro benzene ring substituents is 1. The van der Waals surface area contributed by atoms with Crippen LogP contribution in [0.2, 0.25) is 0 Å². The first-order valence-corrected chi connectivity index (χ1v) is 12.2. The summed E-state index contributed by atoms with van der Waals surface area (Å²) in [6.07, 6.45) is 1.75. The van der Waals surface area contributed by atoms with E-state index < -0.39 is 4.92 Å². The van der Waals surface area contributed by atoms with E-state index >= 15 is 0 Å². The van der Waals surface area contributed by atoms with Crippen molar-refractivity contribution in [2.75, 3.05) is 6.61 Å². The van der Waals surface area contributed by atoms with Gasteiger partial charge in [-0.25, -0.2) is 4.99 Å². The molecule has 1 aliphatic heterocycles. The molecule has 0 aromatic heterocycles. The largest absolute Gasteiger partial charge is 0.494 e. The number of hydrogen-bond acceptors (Lipinski definition) is 7. The maximum Gasteiger partial charge on any atom is 0.269 e. The summed E-state index contributed by atoms with van der Waals surface area (Å²) < 4.78 is 12.2. The number of nitrogens with one attached hydrogen (secondary N) is 1. The summed E-state index contributed by atoms with van der Waals surface area (Å²) in [6, 6.07) is 19.0. The van der Waals surface area contributed by atoms with Gasteiger partial charge >= 0.3 is 0 Å². The molecule has 3 aromatic carbocycles. The van der Waals surface area contributed by atoms with E-state index in [-0.39, 0.29) is 18.2 Å². The number of carbonyl (C=O) groups is 1. The first-order valence-electron chi connectivity index (χ1n) is 10.6. The molecule has 1 fully saturated rings. The van der Waals surface area contributed by atoms with E-state index in [1.54, 1.807) is 24.3 Å². The normalized spacial score (nSPS) is 15.3. The Balaban J connectivity index is 1.50. The van der Waals surface area contributed by atoms with E-state index in [2.05, 4.69) is 26.2 Å². The Hall–Kier alpha value is -3.63. The highest BCUT2D eigenvalue weighted by Gasteiger charge is 2.24. The molecule has 35 heavy (non-hydrogen) atoms. The highest BCUT2D eigenvalue weighted by molar-refractivity contribution is 9.10. The first kappa shape index (κ1) is 24.5. The molecule has 4 rings (SSSR count). The number of rotatable bonds is 8. The van der Waals surface area contributed by atoms with E-state index in [1.165, 1.54) is 23.9 Å². The highest BCUT2D eigenvalue weighted by Crippen LogP contribution is 2.32. The number of aliphatic imine (C=N–C) groups is 1. The lowest BCUT2D eigenvalue weighted by Gasteiger charge is -2.10. The van der Waals surface area contributed by atoms with Crippen molar-refractivity contribution >= 4 is 56.2 Å². The van der Waals surface area contributed by atoms with Crippen molar-refractivity contribution in [2.45, 2.75) is 13.5 Å². The monoisotopic (exact) mass is 553 g/mol. The summed E-state index contributed by atoms with van der Waals surface area (Å²) in [4.78, 5) is 27.9. The van der Waals surface area contributed by atoms with Crippen molar-refractivity contribution in [3.05, 3.63) is 97.3 Å². The van der Waals surface area contributed by atoms with E-state index in [0.29, 0.717) is 33.7 Å². The Labute approximate surface area is 214 Å². The molecule has 10 heteroatoms. The smallest absolute Gasteiger partial charge is 0.269 e. The van der Waals surface area contributed by atoms with Gasteiger partial charge in [-0.1, -0.05) is 15.9 Å². The van der Waals surface area contributed by atoms with Gasteiger partial charge in [0.05, 0.1) is 22.1 Å². The average Bonchev–Trinajstić information content (AvgIpc) is 3.18.